The van der Waals surface area contributed by atoms with Gasteiger partial charge in [0.1, 0.15) is 0 Å². The van der Waals surface area contributed by atoms with Crippen molar-refractivity contribution in [3.05, 3.63) is 69.3 Å². The van der Waals surface area contributed by atoms with Crippen LogP contribution < -0.4 is 25.4 Å². The number of ether oxygens (including phenoxy) is 2. The number of halogens is 1. The van der Waals surface area contributed by atoms with Crippen molar-refractivity contribution >= 4 is 27.9 Å². The van der Waals surface area contributed by atoms with Crippen molar-refractivity contribution in [2.45, 2.75) is 39.5 Å². The summed E-state index contributed by atoms with van der Waals surface area (Å²) >= 11 is 3.53. The SMILES string of the molecule is COc1cc([C@@H]2NC(=O)NC(C)=C2C(=O)NCc2ccccc2)cc(Br)c1OC(C)C. The number of urea groups is 1. The minimum atomic E-state index is -0.650. The van der Waals surface area contributed by atoms with Crippen molar-refractivity contribution < 1.29 is 19.1 Å². The molecule has 3 N–H and O–H groups in total. The highest BCUT2D eigenvalue weighted by atomic mass is 79.9. The Morgan fingerprint density at radius 3 is 2.58 bits per heavy atom. The van der Waals surface area contributed by atoms with Crippen LogP contribution in [0.2, 0.25) is 0 Å². The Bertz CT molecular complexity index is 1010. The van der Waals surface area contributed by atoms with Crippen LogP contribution in [0.3, 0.4) is 0 Å². The summed E-state index contributed by atoms with van der Waals surface area (Å²) in [6.07, 6.45) is -0.0453. The minimum Gasteiger partial charge on any atom is -0.493 e. The number of benzene rings is 2. The van der Waals surface area contributed by atoms with E-state index in [9.17, 15) is 9.59 Å². The van der Waals surface area contributed by atoms with Crippen LogP contribution in [0.15, 0.2) is 58.2 Å². The minimum absolute atomic E-state index is 0.0453. The highest BCUT2D eigenvalue weighted by Gasteiger charge is 2.32. The largest absolute Gasteiger partial charge is 0.493 e. The topological polar surface area (TPSA) is 88.7 Å². The monoisotopic (exact) mass is 487 g/mol. The molecule has 31 heavy (non-hydrogen) atoms. The molecule has 0 bridgehead atoms. The fourth-order valence-electron chi connectivity index (χ4n) is 3.37. The molecule has 1 aliphatic rings. The molecule has 0 aromatic heterocycles. The zero-order valence-corrected chi connectivity index (χ0v) is 19.5. The molecule has 7 nitrogen and oxygen atoms in total. The van der Waals surface area contributed by atoms with Crippen molar-refractivity contribution in [2.75, 3.05) is 7.11 Å². The first-order valence-electron chi connectivity index (χ1n) is 9.94. The van der Waals surface area contributed by atoms with Gasteiger partial charge in [-0.15, -0.1) is 0 Å². The number of amides is 3. The molecule has 164 valence electrons. The molecule has 3 rings (SSSR count). The fourth-order valence-corrected chi connectivity index (χ4v) is 3.93. The Morgan fingerprint density at radius 1 is 1.23 bits per heavy atom. The molecule has 0 unspecified atom stereocenters. The Labute approximate surface area is 190 Å². The molecule has 1 atom stereocenters. The maximum Gasteiger partial charge on any atom is 0.319 e. The Morgan fingerprint density at radius 2 is 1.94 bits per heavy atom. The summed E-state index contributed by atoms with van der Waals surface area (Å²) in [7, 11) is 1.55. The van der Waals surface area contributed by atoms with E-state index in [-0.39, 0.29) is 18.0 Å². The van der Waals surface area contributed by atoms with E-state index in [0.29, 0.717) is 39.4 Å². The molecule has 8 heteroatoms. The van der Waals surface area contributed by atoms with E-state index in [1.54, 1.807) is 20.1 Å². The quantitative estimate of drug-likeness (QED) is 0.546. The van der Waals surface area contributed by atoms with Crippen LogP contribution in [0.5, 0.6) is 11.5 Å². The lowest BCUT2D eigenvalue weighted by atomic mass is 9.94. The molecular formula is C23H26BrN3O4. The normalized spacial score (nSPS) is 15.9. The van der Waals surface area contributed by atoms with Gasteiger partial charge < -0.3 is 25.4 Å². The molecule has 1 heterocycles. The number of carbonyl (C=O) groups is 2. The highest BCUT2D eigenvalue weighted by molar-refractivity contribution is 9.10. The van der Waals surface area contributed by atoms with Crippen LogP contribution >= 0.6 is 15.9 Å². The number of carbonyl (C=O) groups excluding carboxylic acids is 2. The van der Waals surface area contributed by atoms with Crippen LogP contribution in [-0.2, 0) is 11.3 Å². The standard InChI is InChI=1S/C23H26BrN3O4/c1-13(2)31-21-17(24)10-16(11-18(21)30-4)20-19(14(3)26-23(29)27-20)22(28)25-12-15-8-6-5-7-9-15/h5-11,13,20H,12H2,1-4H3,(H,25,28)(H2,26,27,29)/t20-/m0/s1. The Hall–Kier alpha value is -3.00. The van der Waals surface area contributed by atoms with Crippen LogP contribution in [0, 0.1) is 0 Å². The second-order valence-electron chi connectivity index (χ2n) is 7.44. The first kappa shape index (κ1) is 22.7. The molecule has 3 amide bonds. The molecule has 1 aliphatic heterocycles. The van der Waals surface area contributed by atoms with E-state index in [1.165, 1.54) is 0 Å². The number of rotatable bonds is 7. The number of nitrogens with one attached hydrogen (secondary N) is 3. The summed E-state index contributed by atoms with van der Waals surface area (Å²) in [6, 6.07) is 12.2. The molecule has 0 spiro atoms. The Kier molecular flexibility index (Phi) is 7.22. The van der Waals surface area contributed by atoms with Gasteiger partial charge in [0.25, 0.3) is 5.91 Å². The van der Waals surface area contributed by atoms with Gasteiger partial charge in [0, 0.05) is 12.2 Å². The first-order chi connectivity index (χ1) is 14.8. The van der Waals surface area contributed by atoms with Crippen molar-refractivity contribution in [2.24, 2.45) is 0 Å². The van der Waals surface area contributed by atoms with Gasteiger partial charge in [0.2, 0.25) is 0 Å². The van der Waals surface area contributed by atoms with Crippen molar-refractivity contribution in [1.82, 2.24) is 16.0 Å². The van der Waals surface area contributed by atoms with Gasteiger partial charge in [0.05, 0.1) is 29.3 Å². The van der Waals surface area contributed by atoms with Crippen molar-refractivity contribution in [3.8, 4) is 11.5 Å². The van der Waals surface area contributed by atoms with Crippen LogP contribution in [0.1, 0.15) is 37.9 Å². The predicted octanol–water partition coefficient (Wildman–Crippen LogP) is 4.19. The summed E-state index contributed by atoms with van der Waals surface area (Å²) in [5.74, 6) is 0.807. The summed E-state index contributed by atoms with van der Waals surface area (Å²) in [6.45, 7) is 5.94. The average Bonchev–Trinajstić information content (AvgIpc) is 2.73. The molecule has 0 saturated carbocycles. The lowest BCUT2D eigenvalue weighted by Gasteiger charge is -2.29. The van der Waals surface area contributed by atoms with Gasteiger partial charge in [-0.2, -0.15) is 0 Å². The summed E-state index contributed by atoms with van der Waals surface area (Å²) < 4.78 is 12.0. The summed E-state index contributed by atoms with van der Waals surface area (Å²) in [4.78, 5) is 25.3. The molecule has 0 aliphatic carbocycles. The third kappa shape index (κ3) is 5.38. The molecule has 2 aromatic carbocycles. The second kappa shape index (κ2) is 9.87. The van der Waals surface area contributed by atoms with E-state index < -0.39 is 6.04 Å². The number of methoxy groups -OCH3 is 1. The smallest absolute Gasteiger partial charge is 0.319 e. The van der Waals surface area contributed by atoms with Gasteiger partial charge in [-0.05, 0) is 60.0 Å². The van der Waals surface area contributed by atoms with E-state index >= 15 is 0 Å². The molecule has 0 radical (unpaired) electrons. The third-order valence-corrected chi connectivity index (χ3v) is 5.34. The summed E-state index contributed by atoms with van der Waals surface area (Å²) in [5, 5.41) is 8.47. The van der Waals surface area contributed by atoms with Crippen molar-refractivity contribution in [3.63, 3.8) is 0 Å². The maximum absolute atomic E-state index is 13.1. The first-order valence-corrected chi connectivity index (χ1v) is 10.7. The van der Waals surface area contributed by atoms with Crippen LogP contribution in [-0.4, -0.2) is 25.2 Å². The Balaban J connectivity index is 1.94. The lowest BCUT2D eigenvalue weighted by molar-refractivity contribution is -0.118. The summed E-state index contributed by atoms with van der Waals surface area (Å²) in [5.41, 5.74) is 2.61. The van der Waals surface area contributed by atoms with E-state index in [1.807, 2.05) is 50.2 Å². The molecule has 0 fully saturated rings. The van der Waals surface area contributed by atoms with Gasteiger partial charge in [-0.25, -0.2) is 4.79 Å². The number of hydrogen-bond donors (Lipinski definition) is 3. The number of hydrogen-bond acceptors (Lipinski definition) is 4. The van der Waals surface area contributed by atoms with E-state index in [0.717, 1.165) is 5.56 Å². The predicted molar refractivity (Wildman–Crippen MR) is 122 cm³/mol. The number of allylic oxidation sites excluding steroid dienone is 1. The van der Waals surface area contributed by atoms with Gasteiger partial charge in [-0.1, -0.05) is 30.3 Å². The molecule has 2 aromatic rings. The van der Waals surface area contributed by atoms with Crippen LogP contribution in [0.25, 0.3) is 0 Å². The second-order valence-corrected chi connectivity index (χ2v) is 8.29. The fraction of sp³-hybridized carbons (Fsp3) is 0.304. The highest BCUT2D eigenvalue weighted by Crippen LogP contribution is 2.40. The zero-order valence-electron chi connectivity index (χ0n) is 17.9. The molecule has 0 saturated heterocycles. The van der Waals surface area contributed by atoms with Gasteiger partial charge >= 0.3 is 6.03 Å². The van der Waals surface area contributed by atoms with E-state index in [4.69, 9.17) is 9.47 Å². The lowest BCUT2D eigenvalue weighted by Crippen LogP contribution is -2.46. The molecular weight excluding hydrogens is 462 g/mol. The average molecular weight is 488 g/mol. The van der Waals surface area contributed by atoms with Crippen molar-refractivity contribution in [1.29, 1.82) is 0 Å². The van der Waals surface area contributed by atoms with E-state index in [2.05, 4.69) is 31.9 Å². The zero-order chi connectivity index (χ0) is 22.5. The van der Waals surface area contributed by atoms with Crippen LogP contribution in [0.4, 0.5) is 4.79 Å². The van der Waals surface area contributed by atoms with Gasteiger partial charge in [0.15, 0.2) is 11.5 Å². The maximum atomic E-state index is 13.1. The van der Waals surface area contributed by atoms with Gasteiger partial charge in [-0.3, -0.25) is 4.79 Å². The third-order valence-electron chi connectivity index (χ3n) is 4.75.